The van der Waals surface area contributed by atoms with Gasteiger partial charge in [0.05, 0.1) is 12.3 Å². The first-order valence-electron chi connectivity index (χ1n) is 8.67. The Morgan fingerprint density at radius 3 is 2.79 bits per heavy atom. The van der Waals surface area contributed by atoms with Crippen LogP contribution >= 0.6 is 11.3 Å². The minimum absolute atomic E-state index is 0.0812. The number of hydrogen-bond donors (Lipinski definition) is 1. The molecule has 2 fully saturated rings. The first-order valence-corrected chi connectivity index (χ1v) is 9.61. The number of ether oxygens (including phenoxy) is 1. The molecule has 2 amide bonds. The van der Waals surface area contributed by atoms with Gasteiger partial charge in [-0.3, -0.25) is 9.59 Å². The molecule has 1 spiro atoms. The van der Waals surface area contributed by atoms with Crippen molar-refractivity contribution in [3.05, 3.63) is 22.4 Å². The van der Waals surface area contributed by atoms with Crippen molar-refractivity contribution in [2.45, 2.75) is 39.2 Å². The summed E-state index contributed by atoms with van der Waals surface area (Å²) in [5.74, 6) is 0.0760. The van der Waals surface area contributed by atoms with E-state index >= 15 is 0 Å². The summed E-state index contributed by atoms with van der Waals surface area (Å²) in [5.41, 5.74) is 0.933. The lowest BCUT2D eigenvalue weighted by Crippen LogP contribution is -2.46. The molecule has 0 unspecified atom stereocenters. The summed E-state index contributed by atoms with van der Waals surface area (Å²) in [6.45, 7) is 6.51. The molecule has 24 heavy (non-hydrogen) atoms. The topological polar surface area (TPSA) is 58.6 Å². The third-order valence-electron chi connectivity index (χ3n) is 5.17. The number of nitrogens with one attached hydrogen (secondary N) is 1. The second kappa shape index (κ2) is 7.23. The van der Waals surface area contributed by atoms with Gasteiger partial charge in [-0.05, 0) is 49.1 Å². The summed E-state index contributed by atoms with van der Waals surface area (Å²) in [6.07, 6.45) is 2.13. The third kappa shape index (κ3) is 3.64. The molecular weight excluding hydrogens is 324 g/mol. The van der Waals surface area contributed by atoms with E-state index in [1.165, 1.54) is 0 Å². The number of hydrogen-bond acceptors (Lipinski definition) is 4. The molecule has 2 aliphatic rings. The van der Waals surface area contributed by atoms with Crippen LogP contribution in [-0.2, 0) is 20.7 Å². The van der Waals surface area contributed by atoms with Gasteiger partial charge in [0, 0.05) is 37.8 Å². The van der Waals surface area contributed by atoms with Gasteiger partial charge in [-0.15, -0.1) is 0 Å². The Morgan fingerprint density at radius 1 is 1.42 bits per heavy atom. The Labute approximate surface area is 147 Å². The van der Waals surface area contributed by atoms with Gasteiger partial charge in [0.25, 0.3) is 0 Å². The smallest absolute Gasteiger partial charge is 0.227 e. The molecule has 1 aromatic rings. The van der Waals surface area contributed by atoms with Crippen molar-refractivity contribution in [1.82, 2.24) is 10.2 Å². The molecular formula is C18H26N2O3S. The van der Waals surface area contributed by atoms with Crippen molar-refractivity contribution >= 4 is 23.2 Å². The van der Waals surface area contributed by atoms with Gasteiger partial charge in [0.2, 0.25) is 11.8 Å². The fraction of sp³-hybridized carbons (Fsp3) is 0.667. The van der Waals surface area contributed by atoms with Crippen molar-refractivity contribution in [3.63, 3.8) is 0 Å². The number of amides is 2. The van der Waals surface area contributed by atoms with Crippen LogP contribution in [0.3, 0.4) is 0 Å². The number of nitrogens with zero attached hydrogens (tertiary/aromatic N) is 1. The first-order chi connectivity index (χ1) is 11.5. The second-order valence-corrected chi connectivity index (χ2v) is 8.05. The quantitative estimate of drug-likeness (QED) is 0.904. The summed E-state index contributed by atoms with van der Waals surface area (Å²) in [5, 5.41) is 7.05. The molecule has 2 aliphatic heterocycles. The highest BCUT2D eigenvalue weighted by Crippen LogP contribution is 2.44. The minimum Gasteiger partial charge on any atom is -0.381 e. The van der Waals surface area contributed by atoms with Crippen molar-refractivity contribution in [1.29, 1.82) is 0 Å². The lowest BCUT2D eigenvalue weighted by atomic mass is 9.71. The number of carbonyl (C=O) groups is 2. The molecule has 132 valence electrons. The van der Waals surface area contributed by atoms with E-state index < -0.39 is 0 Å². The highest BCUT2D eigenvalue weighted by Gasteiger charge is 2.51. The summed E-state index contributed by atoms with van der Waals surface area (Å²) in [7, 11) is 0. The maximum absolute atomic E-state index is 12.7. The molecule has 0 bridgehead atoms. The average molecular weight is 350 g/mol. The highest BCUT2D eigenvalue weighted by molar-refractivity contribution is 7.08. The molecule has 0 saturated carbocycles. The zero-order valence-corrected chi connectivity index (χ0v) is 15.2. The van der Waals surface area contributed by atoms with Gasteiger partial charge in [-0.2, -0.15) is 11.3 Å². The molecule has 1 aromatic heterocycles. The number of carbonyl (C=O) groups excluding carboxylic acids is 2. The van der Waals surface area contributed by atoms with Crippen LogP contribution in [-0.4, -0.2) is 49.1 Å². The molecule has 1 atom stereocenters. The summed E-state index contributed by atoms with van der Waals surface area (Å²) in [4.78, 5) is 27.3. The monoisotopic (exact) mass is 350 g/mol. The number of rotatable bonds is 4. The van der Waals surface area contributed by atoms with Crippen LogP contribution in [0.4, 0.5) is 0 Å². The Hall–Kier alpha value is -1.40. The van der Waals surface area contributed by atoms with E-state index in [0.717, 1.165) is 18.4 Å². The zero-order chi connectivity index (χ0) is 17.2. The predicted octanol–water partition coefficient (Wildman–Crippen LogP) is 2.07. The second-order valence-electron chi connectivity index (χ2n) is 7.27. The summed E-state index contributed by atoms with van der Waals surface area (Å²) in [6, 6.07) is 2.11. The fourth-order valence-corrected chi connectivity index (χ4v) is 4.54. The molecule has 2 saturated heterocycles. The van der Waals surface area contributed by atoms with Crippen LogP contribution in [0.25, 0.3) is 0 Å². The molecule has 0 aliphatic carbocycles. The lowest BCUT2D eigenvalue weighted by molar-refractivity contribution is -0.130. The SMILES string of the molecule is CC(C)NC(=O)[C@@H]1CN(C(=O)Cc2ccsc2)CC12CCOCC2. The van der Waals surface area contributed by atoms with Crippen LogP contribution in [0.15, 0.2) is 16.8 Å². The Kier molecular flexibility index (Phi) is 5.25. The molecule has 5 nitrogen and oxygen atoms in total. The summed E-state index contributed by atoms with van der Waals surface area (Å²) >= 11 is 1.61. The van der Waals surface area contributed by atoms with E-state index in [0.29, 0.717) is 32.7 Å². The predicted molar refractivity (Wildman–Crippen MR) is 93.9 cm³/mol. The van der Waals surface area contributed by atoms with Gasteiger partial charge >= 0.3 is 0 Å². The van der Waals surface area contributed by atoms with Gasteiger partial charge < -0.3 is 15.0 Å². The Balaban J connectivity index is 1.74. The average Bonchev–Trinajstić information content (AvgIpc) is 3.16. The Bertz CT molecular complexity index is 579. The van der Waals surface area contributed by atoms with Crippen molar-refractivity contribution in [2.24, 2.45) is 11.3 Å². The third-order valence-corrected chi connectivity index (χ3v) is 5.90. The molecule has 3 rings (SSSR count). The Morgan fingerprint density at radius 2 is 2.17 bits per heavy atom. The minimum atomic E-state index is -0.129. The summed E-state index contributed by atoms with van der Waals surface area (Å²) < 4.78 is 5.51. The van der Waals surface area contributed by atoms with Crippen LogP contribution in [0.1, 0.15) is 32.3 Å². The molecule has 1 N–H and O–H groups in total. The maximum Gasteiger partial charge on any atom is 0.227 e. The van der Waals surface area contributed by atoms with Crippen LogP contribution < -0.4 is 5.32 Å². The lowest BCUT2D eigenvalue weighted by Gasteiger charge is -2.37. The maximum atomic E-state index is 12.7. The van der Waals surface area contributed by atoms with E-state index in [1.807, 2.05) is 35.6 Å². The number of likely N-dealkylation sites (tertiary alicyclic amines) is 1. The largest absolute Gasteiger partial charge is 0.381 e. The normalized spacial score (nSPS) is 23.0. The number of thiophene rings is 1. The van der Waals surface area contributed by atoms with Crippen LogP contribution in [0.5, 0.6) is 0 Å². The van der Waals surface area contributed by atoms with E-state index in [9.17, 15) is 9.59 Å². The van der Waals surface area contributed by atoms with Gasteiger partial charge in [-0.1, -0.05) is 0 Å². The molecule has 6 heteroatoms. The van der Waals surface area contributed by atoms with Crippen molar-refractivity contribution < 1.29 is 14.3 Å². The van der Waals surface area contributed by atoms with Gasteiger partial charge in [0.15, 0.2) is 0 Å². The van der Waals surface area contributed by atoms with Crippen molar-refractivity contribution in [2.75, 3.05) is 26.3 Å². The van der Waals surface area contributed by atoms with Gasteiger partial charge in [0.1, 0.15) is 0 Å². The standard InChI is InChI=1S/C18H26N2O3S/c1-13(2)19-17(22)15-10-20(12-18(15)4-6-23-7-5-18)16(21)9-14-3-8-24-11-14/h3,8,11,13,15H,4-7,9-10,12H2,1-2H3,(H,19,22)/t15-/m0/s1. The van der Waals surface area contributed by atoms with Gasteiger partial charge in [-0.25, -0.2) is 0 Å². The zero-order valence-electron chi connectivity index (χ0n) is 14.4. The fourth-order valence-electron chi connectivity index (χ4n) is 3.87. The van der Waals surface area contributed by atoms with Crippen LogP contribution in [0, 0.1) is 11.3 Å². The van der Waals surface area contributed by atoms with Crippen molar-refractivity contribution in [3.8, 4) is 0 Å². The molecule has 0 aromatic carbocycles. The van der Waals surface area contributed by atoms with Crippen LogP contribution in [0.2, 0.25) is 0 Å². The first kappa shape index (κ1) is 17.4. The van der Waals surface area contributed by atoms with E-state index in [2.05, 4.69) is 5.32 Å². The van der Waals surface area contributed by atoms with E-state index in [-0.39, 0.29) is 29.2 Å². The molecule has 3 heterocycles. The molecule has 0 radical (unpaired) electrons. The highest BCUT2D eigenvalue weighted by atomic mass is 32.1. The van der Waals surface area contributed by atoms with E-state index in [4.69, 9.17) is 4.74 Å². The van der Waals surface area contributed by atoms with E-state index in [1.54, 1.807) is 11.3 Å².